The number of halogens is 1. The van der Waals surface area contributed by atoms with Crippen LogP contribution in [0.25, 0.3) is 0 Å². The van der Waals surface area contributed by atoms with E-state index in [2.05, 4.69) is 31.8 Å². The van der Waals surface area contributed by atoms with Crippen LogP contribution in [0.1, 0.15) is 12.5 Å². The molecule has 2 N–H and O–H groups in total. The number of ether oxygens (including phenoxy) is 1. The summed E-state index contributed by atoms with van der Waals surface area (Å²) in [6.45, 7) is 2.73. The number of hydrogen-bond acceptors (Lipinski definition) is 4. The smallest absolute Gasteiger partial charge is 0.259 e. The summed E-state index contributed by atoms with van der Waals surface area (Å²) < 4.78 is 6.35. The minimum Gasteiger partial charge on any atom is -0.494 e. The van der Waals surface area contributed by atoms with Crippen LogP contribution in [-0.2, 0) is 4.79 Å². The van der Waals surface area contributed by atoms with Gasteiger partial charge < -0.3 is 10.1 Å². The van der Waals surface area contributed by atoms with Crippen LogP contribution in [0, 0.1) is 0 Å². The highest BCUT2D eigenvalue weighted by Gasteiger charge is 1.99. The maximum atomic E-state index is 11.7. The van der Waals surface area contributed by atoms with E-state index in [9.17, 15) is 4.79 Å². The van der Waals surface area contributed by atoms with Gasteiger partial charge in [-0.25, -0.2) is 5.43 Å². The van der Waals surface area contributed by atoms with Crippen LogP contribution in [-0.4, -0.2) is 25.3 Å². The second kappa shape index (κ2) is 8.95. The van der Waals surface area contributed by atoms with Crippen LogP contribution in [0.4, 0.5) is 5.69 Å². The lowest BCUT2D eigenvalue weighted by molar-refractivity contribution is -0.119. The largest absolute Gasteiger partial charge is 0.494 e. The number of carbonyl (C=O) groups excluding carboxylic acids is 1. The van der Waals surface area contributed by atoms with Gasteiger partial charge in [-0.3, -0.25) is 4.79 Å². The minimum absolute atomic E-state index is 0.155. The Bertz CT molecular complexity index is 655. The summed E-state index contributed by atoms with van der Waals surface area (Å²) in [5.41, 5.74) is 4.24. The van der Waals surface area contributed by atoms with Gasteiger partial charge in [0.2, 0.25) is 0 Å². The summed E-state index contributed by atoms with van der Waals surface area (Å²) in [4.78, 5) is 11.7. The molecule has 5 nitrogen and oxygen atoms in total. The first-order valence-electron chi connectivity index (χ1n) is 7.21. The molecule has 0 fully saturated rings. The molecule has 2 aromatic carbocycles. The molecule has 0 saturated heterocycles. The van der Waals surface area contributed by atoms with Gasteiger partial charge in [-0.05, 0) is 61.0 Å². The molecule has 120 valence electrons. The van der Waals surface area contributed by atoms with E-state index in [-0.39, 0.29) is 12.5 Å². The number of anilines is 1. The highest BCUT2D eigenvalue weighted by Crippen LogP contribution is 2.13. The highest BCUT2D eigenvalue weighted by molar-refractivity contribution is 9.10. The highest BCUT2D eigenvalue weighted by atomic mass is 79.9. The number of nitrogens with zero attached hydrogens (tertiary/aromatic N) is 1. The van der Waals surface area contributed by atoms with Crippen molar-refractivity contribution in [3.63, 3.8) is 0 Å². The van der Waals surface area contributed by atoms with Gasteiger partial charge in [0, 0.05) is 10.2 Å². The average Bonchev–Trinajstić information content (AvgIpc) is 2.56. The van der Waals surface area contributed by atoms with E-state index in [0.717, 1.165) is 21.5 Å². The number of amides is 1. The zero-order valence-electron chi connectivity index (χ0n) is 12.8. The van der Waals surface area contributed by atoms with Crippen molar-refractivity contribution >= 4 is 33.7 Å². The molecule has 0 aliphatic rings. The lowest BCUT2D eigenvalue weighted by Crippen LogP contribution is -2.25. The molecular formula is C17H18BrN3O2. The quantitative estimate of drug-likeness (QED) is 0.575. The van der Waals surface area contributed by atoms with Crippen molar-refractivity contribution in [1.82, 2.24) is 5.43 Å². The van der Waals surface area contributed by atoms with Gasteiger partial charge in [0.05, 0.1) is 19.4 Å². The van der Waals surface area contributed by atoms with Gasteiger partial charge in [-0.15, -0.1) is 0 Å². The molecule has 2 aromatic rings. The molecule has 1 amide bonds. The predicted octanol–water partition coefficient (Wildman–Crippen LogP) is 3.41. The molecule has 2 rings (SSSR count). The van der Waals surface area contributed by atoms with Crippen LogP contribution in [0.5, 0.6) is 5.75 Å². The molecule has 6 heteroatoms. The molecule has 0 atom stereocenters. The SMILES string of the molecule is CCOc1ccc(/C=N\NC(=O)CNc2ccc(Br)cc2)cc1. The summed E-state index contributed by atoms with van der Waals surface area (Å²) in [5, 5.41) is 6.95. The average molecular weight is 376 g/mol. The van der Waals surface area contributed by atoms with E-state index in [4.69, 9.17) is 4.74 Å². The standard InChI is InChI=1S/C17H18BrN3O2/c1-2-23-16-9-3-13(4-10-16)11-20-21-17(22)12-19-15-7-5-14(18)6-8-15/h3-11,19H,2,12H2,1H3,(H,21,22)/b20-11-. The predicted molar refractivity (Wildman–Crippen MR) is 96.0 cm³/mol. The van der Waals surface area contributed by atoms with Gasteiger partial charge in [0.15, 0.2) is 0 Å². The Kier molecular flexibility index (Phi) is 6.62. The van der Waals surface area contributed by atoms with Gasteiger partial charge >= 0.3 is 0 Å². The molecule has 0 unspecified atom stereocenters. The summed E-state index contributed by atoms with van der Waals surface area (Å²) in [5.74, 6) is 0.600. The van der Waals surface area contributed by atoms with Crippen molar-refractivity contribution in [2.24, 2.45) is 5.10 Å². The number of nitrogens with one attached hydrogen (secondary N) is 2. The second-order valence-electron chi connectivity index (χ2n) is 4.66. The van der Waals surface area contributed by atoms with Crippen molar-refractivity contribution in [1.29, 1.82) is 0 Å². The monoisotopic (exact) mass is 375 g/mol. The van der Waals surface area contributed by atoms with E-state index >= 15 is 0 Å². The molecule has 0 saturated carbocycles. The maximum absolute atomic E-state index is 11.7. The number of hydrogen-bond donors (Lipinski definition) is 2. The molecule has 0 aromatic heterocycles. The first-order chi connectivity index (χ1) is 11.2. The number of hydrazone groups is 1. The Balaban J connectivity index is 1.75. The van der Waals surface area contributed by atoms with Gasteiger partial charge in [-0.2, -0.15) is 5.10 Å². The zero-order valence-corrected chi connectivity index (χ0v) is 14.3. The van der Waals surface area contributed by atoms with Crippen molar-refractivity contribution < 1.29 is 9.53 Å². The Morgan fingerprint density at radius 3 is 2.52 bits per heavy atom. The minimum atomic E-state index is -0.213. The number of benzene rings is 2. The lowest BCUT2D eigenvalue weighted by Gasteiger charge is -2.05. The topological polar surface area (TPSA) is 62.7 Å². The van der Waals surface area contributed by atoms with Crippen LogP contribution in [0.2, 0.25) is 0 Å². The summed E-state index contributed by atoms with van der Waals surface area (Å²) in [7, 11) is 0. The normalized spacial score (nSPS) is 10.5. The Morgan fingerprint density at radius 2 is 1.87 bits per heavy atom. The van der Waals surface area contributed by atoms with Gasteiger partial charge in [0.25, 0.3) is 5.91 Å². The first kappa shape index (κ1) is 17.0. The fourth-order valence-electron chi connectivity index (χ4n) is 1.79. The van der Waals surface area contributed by atoms with E-state index in [1.54, 1.807) is 6.21 Å². The maximum Gasteiger partial charge on any atom is 0.259 e. The molecule has 0 radical (unpaired) electrons. The fraction of sp³-hybridized carbons (Fsp3) is 0.176. The van der Waals surface area contributed by atoms with Gasteiger partial charge in [-0.1, -0.05) is 15.9 Å². The zero-order chi connectivity index (χ0) is 16.5. The van der Waals surface area contributed by atoms with Crippen LogP contribution in [0.15, 0.2) is 58.1 Å². The molecule has 23 heavy (non-hydrogen) atoms. The molecular weight excluding hydrogens is 358 g/mol. The lowest BCUT2D eigenvalue weighted by atomic mass is 10.2. The van der Waals surface area contributed by atoms with Crippen LogP contribution in [0.3, 0.4) is 0 Å². The van der Waals surface area contributed by atoms with Crippen LogP contribution >= 0.6 is 15.9 Å². The third kappa shape index (κ3) is 6.12. The van der Waals surface area contributed by atoms with Crippen molar-refractivity contribution in [2.45, 2.75) is 6.92 Å². The molecule has 0 heterocycles. The Morgan fingerprint density at radius 1 is 1.17 bits per heavy atom. The third-order valence-electron chi connectivity index (χ3n) is 2.89. The fourth-order valence-corrected chi connectivity index (χ4v) is 2.05. The van der Waals surface area contributed by atoms with E-state index in [0.29, 0.717) is 6.61 Å². The Labute approximate surface area is 143 Å². The summed E-state index contributed by atoms with van der Waals surface area (Å²) in [6, 6.07) is 15.1. The summed E-state index contributed by atoms with van der Waals surface area (Å²) >= 11 is 3.36. The van der Waals surface area contributed by atoms with Crippen molar-refractivity contribution in [3.05, 3.63) is 58.6 Å². The second-order valence-corrected chi connectivity index (χ2v) is 5.57. The molecule has 0 aliphatic heterocycles. The van der Waals surface area contributed by atoms with Gasteiger partial charge in [0.1, 0.15) is 5.75 Å². The summed E-state index contributed by atoms with van der Waals surface area (Å²) in [6.07, 6.45) is 1.59. The molecule has 0 bridgehead atoms. The number of carbonyl (C=O) groups is 1. The van der Waals surface area contributed by atoms with E-state index in [1.807, 2.05) is 55.5 Å². The molecule has 0 spiro atoms. The first-order valence-corrected chi connectivity index (χ1v) is 8.01. The van der Waals surface area contributed by atoms with E-state index < -0.39 is 0 Å². The van der Waals surface area contributed by atoms with Crippen LogP contribution < -0.4 is 15.5 Å². The third-order valence-corrected chi connectivity index (χ3v) is 3.42. The Hall–Kier alpha value is -2.34. The number of rotatable bonds is 7. The van der Waals surface area contributed by atoms with E-state index in [1.165, 1.54) is 0 Å². The molecule has 0 aliphatic carbocycles. The van der Waals surface area contributed by atoms with Crippen molar-refractivity contribution in [2.75, 3.05) is 18.5 Å². The van der Waals surface area contributed by atoms with Crippen molar-refractivity contribution in [3.8, 4) is 5.75 Å².